The zero-order chi connectivity index (χ0) is 19.3. The molecule has 7 heteroatoms. The lowest BCUT2D eigenvalue weighted by atomic mass is 10.1. The van der Waals surface area contributed by atoms with Crippen LogP contribution >= 0.6 is 0 Å². The summed E-state index contributed by atoms with van der Waals surface area (Å²) in [6.07, 6.45) is 7.52. The lowest BCUT2D eigenvalue weighted by molar-refractivity contribution is 0.241. The number of hydrogen-bond donors (Lipinski definition) is 1. The van der Waals surface area contributed by atoms with Gasteiger partial charge in [-0.1, -0.05) is 6.07 Å². The lowest BCUT2D eigenvalue weighted by Crippen LogP contribution is -2.24. The smallest absolute Gasteiger partial charge is 0.227 e. The number of anilines is 2. The molecule has 140 valence electrons. The molecule has 0 amide bonds. The Balaban J connectivity index is 1.49. The molecule has 3 aromatic rings. The number of hydrogen-bond acceptors (Lipinski definition) is 7. The lowest BCUT2D eigenvalue weighted by Gasteiger charge is -2.24. The third-order valence-corrected chi connectivity index (χ3v) is 4.85. The van der Waals surface area contributed by atoms with E-state index >= 15 is 0 Å². The van der Waals surface area contributed by atoms with Crippen molar-refractivity contribution < 1.29 is 0 Å². The molecule has 0 radical (unpaired) electrons. The van der Waals surface area contributed by atoms with Gasteiger partial charge in [0.15, 0.2) is 0 Å². The summed E-state index contributed by atoms with van der Waals surface area (Å²) in [5.74, 6) is 0.532. The fraction of sp³-hybridized carbons (Fsp3) is 0.286. The van der Waals surface area contributed by atoms with Gasteiger partial charge in [-0.25, -0.2) is 15.0 Å². The second kappa shape index (κ2) is 8.11. The summed E-state index contributed by atoms with van der Waals surface area (Å²) in [5.41, 5.74) is 4.39. The zero-order valence-corrected chi connectivity index (χ0v) is 15.7. The highest BCUT2D eigenvalue weighted by molar-refractivity contribution is 5.52. The molecule has 0 saturated carbocycles. The monoisotopic (exact) mass is 371 g/mol. The van der Waals surface area contributed by atoms with Crippen molar-refractivity contribution in [3.05, 3.63) is 71.6 Å². The van der Waals surface area contributed by atoms with E-state index in [1.807, 2.05) is 25.3 Å². The Morgan fingerprint density at radius 2 is 2.07 bits per heavy atom. The molecule has 1 fully saturated rings. The van der Waals surface area contributed by atoms with Gasteiger partial charge in [0.2, 0.25) is 5.95 Å². The molecular formula is C21H21N7. The van der Waals surface area contributed by atoms with Gasteiger partial charge in [-0.2, -0.15) is 5.26 Å². The topological polar surface area (TPSA) is 90.6 Å². The maximum absolute atomic E-state index is 8.85. The fourth-order valence-corrected chi connectivity index (χ4v) is 3.43. The number of aromatic nitrogens is 4. The third kappa shape index (κ3) is 4.13. The first-order valence-electron chi connectivity index (χ1n) is 9.33. The Morgan fingerprint density at radius 3 is 2.82 bits per heavy atom. The predicted octanol–water partition coefficient (Wildman–Crippen LogP) is 3.53. The highest BCUT2D eigenvalue weighted by Gasteiger charge is 2.27. The van der Waals surface area contributed by atoms with Crippen molar-refractivity contribution in [3.8, 4) is 6.07 Å². The van der Waals surface area contributed by atoms with Crippen LogP contribution in [0.3, 0.4) is 0 Å². The molecule has 0 aliphatic carbocycles. The van der Waals surface area contributed by atoms with Crippen molar-refractivity contribution in [1.82, 2.24) is 24.8 Å². The van der Waals surface area contributed by atoms with E-state index in [0.29, 0.717) is 11.6 Å². The van der Waals surface area contributed by atoms with Crippen LogP contribution in [-0.4, -0.2) is 31.4 Å². The van der Waals surface area contributed by atoms with E-state index in [1.165, 1.54) is 5.56 Å². The largest absolute Gasteiger partial charge is 0.323 e. The van der Waals surface area contributed by atoms with Gasteiger partial charge < -0.3 is 5.32 Å². The molecule has 1 aliphatic heterocycles. The van der Waals surface area contributed by atoms with Gasteiger partial charge in [0.05, 0.1) is 29.3 Å². The average Bonchev–Trinajstić information content (AvgIpc) is 3.19. The Bertz CT molecular complexity index is 977. The van der Waals surface area contributed by atoms with Gasteiger partial charge in [-0.15, -0.1) is 0 Å². The van der Waals surface area contributed by atoms with Gasteiger partial charge in [-0.05, 0) is 56.1 Å². The Labute approximate surface area is 164 Å². The zero-order valence-electron chi connectivity index (χ0n) is 15.7. The minimum absolute atomic E-state index is 0.255. The van der Waals surface area contributed by atoms with Crippen LogP contribution < -0.4 is 5.32 Å². The molecule has 0 bridgehead atoms. The van der Waals surface area contributed by atoms with Gasteiger partial charge in [0.25, 0.3) is 0 Å². The Kier molecular flexibility index (Phi) is 5.22. The molecule has 3 aromatic heterocycles. The summed E-state index contributed by atoms with van der Waals surface area (Å²) < 4.78 is 0. The van der Waals surface area contributed by atoms with Crippen LogP contribution in [0.25, 0.3) is 0 Å². The summed E-state index contributed by atoms with van der Waals surface area (Å²) in [6.45, 7) is 3.90. The fourth-order valence-electron chi connectivity index (χ4n) is 3.43. The number of nitrogens with zero attached hydrogens (tertiary/aromatic N) is 6. The van der Waals surface area contributed by atoms with Crippen LogP contribution in [0.1, 0.15) is 41.5 Å². The number of rotatable bonds is 5. The molecule has 1 saturated heterocycles. The second-order valence-electron chi connectivity index (χ2n) is 6.93. The Morgan fingerprint density at radius 1 is 1.14 bits per heavy atom. The quantitative estimate of drug-likeness (QED) is 0.733. The molecular weight excluding hydrogens is 350 g/mol. The highest BCUT2D eigenvalue weighted by Crippen LogP contribution is 2.32. The summed E-state index contributed by atoms with van der Waals surface area (Å²) in [6, 6.07) is 11.9. The van der Waals surface area contributed by atoms with Crippen molar-refractivity contribution in [1.29, 1.82) is 5.26 Å². The Hall–Kier alpha value is -3.37. The SMILES string of the molecule is Cc1ccc(CN2CCCC2c2ccnc(Nc3ccc(C#N)nc3)n2)nc1. The molecule has 1 atom stereocenters. The van der Waals surface area contributed by atoms with Crippen LogP contribution in [0.2, 0.25) is 0 Å². The molecule has 0 spiro atoms. The van der Waals surface area contributed by atoms with Crippen LogP contribution in [0.4, 0.5) is 11.6 Å². The molecule has 1 unspecified atom stereocenters. The maximum atomic E-state index is 8.85. The van der Waals surface area contributed by atoms with Crippen LogP contribution in [0.5, 0.6) is 0 Å². The van der Waals surface area contributed by atoms with Crippen molar-refractivity contribution in [2.24, 2.45) is 0 Å². The van der Waals surface area contributed by atoms with E-state index in [-0.39, 0.29) is 6.04 Å². The molecule has 1 aliphatic rings. The first kappa shape index (κ1) is 18.0. The predicted molar refractivity (Wildman–Crippen MR) is 106 cm³/mol. The third-order valence-electron chi connectivity index (χ3n) is 4.85. The van der Waals surface area contributed by atoms with E-state index in [0.717, 1.165) is 43.0 Å². The van der Waals surface area contributed by atoms with Crippen molar-refractivity contribution in [2.75, 3.05) is 11.9 Å². The number of pyridine rings is 2. The van der Waals surface area contributed by atoms with Crippen molar-refractivity contribution in [2.45, 2.75) is 32.4 Å². The molecule has 28 heavy (non-hydrogen) atoms. The minimum atomic E-state index is 0.255. The van der Waals surface area contributed by atoms with Gasteiger partial charge >= 0.3 is 0 Å². The molecule has 4 heterocycles. The number of likely N-dealkylation sites (tertiary alicyclic amines) is 1. The normalized spacial score (nSPS) is 16.6. The van der Waals surface area contributed by atoms with Crippen molar-refractivity contribution >= 4 is 11.6 Å². The number of aryl methyl sites for hydroxylation is 1. The second-order valence-corrected chi connectivity index (χ2v) is 6.93. The van der Waals surface area contributed by atoms with Crippen LogP contribution in [0, 0.1) is 18.3 Å². The van der Waals surface area contributed by atoms with Gasteiger partial charge in [0.1, 0.15) is 11.8 Å². The first-order chi connectivity index (χ1) is 13.7. The molecule has 7 nitrogen and oxygen atoms in total. The van der Waals surface area contributed by atoms with Gasteiger partial charge in [0, 0.05) is 18.9 Å². The minimum Gasteiger partial charge on any atom is -0.323 e. The van der Waals surface area contributed by atoms with Crippen molar-refractivity contribution in [3.63, 3.8) is 0 Å². The highest BCUT2D eigenvalue weighted by atomic mass is 15.2. The van der Waals surface area contributed by atoms with Gasteiger partial charge in [-0.3, -0.25) is 9.88 Å². The standard InChI is InChI=1S/C21H21N7/c1-15-4-5-18(24-12-15)14-28-10-2-3-20(28)19-8-9-23-21(27-19)26-17-7-6-16(11-22)25-13-17/h4-9,12-13,20H,2-3,10,14H2,1H3,(H,23,26,27). The summed E-state index contributed by atoms with van der Waals surface area (Å²) in [7, 11) is 0. The van der Waals surface area contributed by atoms with E-state index in [4.69, 9.17) is 10.2 Å². The van der Waals surface area contributed by atoms with E-state index < -0.39 is 0 Å². The number of nitrogens with one attached hydrogen (secondary N) is 1. The van der Waals surface area contributed by atoms with Crippen LogP contribution in [0.15, 0.2) is 48.9 Å². The van der Waals surface area contributed by atoms with E-state index in [1.54, 1.807) is 24.5 Å². The molecule has 1 N–H and O–H groups in total. The van der Waals surface area contributed by atoms with E-state index in [9.17, 15) is 0 Å². The van der Waals surface area contributed by atoms with E-state index in [2.05, 4.69) is 37.3 Å². The van der Waals surface area contributed by atoms with Crippen LogP contribution in [-0.2, 0) is 6.54 Å². The maximum Gasteiger partial charge on any atom is 0.227 e. The first-order valence-corrected chi connectivity index (χ1v) is 9.33. The summed E-state index contributed by atoms with van der Waals surface area (Å²) >= 11 is 0. The number of nitriles is 1. The summed E-state index contributed by atoms with van der Waals surface area (Å²) in [4.78, 5) is 20.1. The molecule has 4 rings (SSSR count). The summed E-state index contributed by atoms with van der Waals surface area (Å²) in [5, 5.41) is 12.0. The average molecular weight is 371 g/mol. The molecule has 0 aromatic carbocycles.